The summed E-state index contributed by atoms with van der Waals surface area (Å²) in [7, 11) is 0. The van der Waals surface area contributed by atoms with Crippen LogP contribution in [0.2, 0.25) is 0 Å². The molecule has 1 atom stereocenters. The zero-order chi connectivity index (χ0) is 14.8. The van der Waals surface area contributed by atoms with Crippen LogP contribution in [0.5, 0.6) is 5.75 Å². The van der Waals surface area contributed by atoms with Crippen LogP contribution in [0.15, 0.2) is 24.3 Å². The van der Waals surface area contributed by atoms with Crippen molar-refractivity contribution >= 4 is 5.69 Å². The molecule has 1 N–H and O–H groups in total. The molecule has 3 nitrogen and oxygen atoms in total. The molecule has 0 bridgehead atoms. The third kappa shape index (κ3) is 4.03. The number of piperazine rings is 1. The van der Waals surface area contributed by atoms with E-state index in [1.165, 1.54) is 12.1 Å². The molecule has 1 fully saturated rings. The molecule has 1 aromatic carbocycles. The van der Waals surface area contributed by atoms with E-state index in [-0.39, 0.29) is 5.75 Å². The zero-order valence-electron chi connectivity index (χ0n) is 11.6. The first kappa shape index (κ1) is 15.0. The standard InChI is InChI=1S/C14H19F3N2O/c1-10(2)13-9-19(7-6-18-13)11-4-3-5-12(8-11)20-14(15,16)17/h3-5,8,10,13,18H,6-7,9H2,1-2H3. The molecule has 2 rings (SSSR count). The minimum absolute atomic E-state index is 0.172. The summed E-state index contributed by atoms with van der Waals surface area (Å²) in [5.74, 6) is 0.307. The van der Waals surface area contributed by atoms with Crippen molar-refractivity contribution in [2.24, 2.45) is 5.92 Å². The van der Waals surface area contributed by atoms with E-state index >= 15 is 0 Å². The lowest BCUT2D eigenvalue weighted by atomic mass is 10.0. The first-order valence-electron chi connectivity index (χ1n) is 6.69. The first-order chi connectivity index (χ1) is 9.35. The fraction of sp³-hybridized carbons (Fsp3) is 0.571. The Morgan fingerprint density at radius 1 is 1.35 bits per heavy atom. The number of benzene rings is 1. The Kier molecular flexibility index (Phi) is 4.42. The number of halogens is 3. The molecule has 1 aliphatic heterocycles. The molecule has 112 valence electrons. The van der Waals surface area contributed by atoms with Crippen molar-refractivity contribution in [2.45, 2.75) is 26.3 Å². The summed E-state index contributed by atoms with van der Waals surface area (Å²) in [5.41, 5.74) is 0.763. The molecule has 0 amide bonds. The third-order valence-corrected chi connectivity index (χ3v) is 3.43. The lowest BCUT2D eigenvalue weighted by Crippen LogP contribution is -2.53. The van der Waals surface area contributed by atoms with Gasteiger partial charge in [-0.3, -0.25) is 0 Å². The quantitative estimate of drug-likeness (QED) is 0.925. The van der Waals surface area contributed by atoms with Crippen LogP contribution in [0.3, 0.4) is 0 Å². The number of anilines is 1. The van der Waals surface area contributed by atoms with Gasteiger partial charge in [0.1, 0.15) is 5.75 Å². The molecule has 20 heavy (non-hydrogen) atoms. The van der Waals surface area contributed by atoms with Gasteiger partial charge in [0, 0.05) is 37.4 Å². The van der Waals surface area contributed by atoms with Gasteiger partial charge in [0.15, 0.2) is 0 Å². The van der Waals surface area contributed by atoms with Crippen molar-refractivity contribution in [3.63, 3.8) is 0 Å². The average molecular weight is 288 g/mol. The predicted octanol–water partition coefficient (Wildman–Crippen LogP) is 3.02. The van der Waals surface area contributed by atoms with Gasteiger partial charge in [-0.05, 0) is 18.1 Å². The number of nitrogens with zero attached hydrogens (tertiary/aromatic N) is 1. The molecule has 1 unspecified atom stereocenters. The smallest absolute Gasteiger partial charge is 0.406 e. The minimum Gasteiger partial charge on any atom is -0.406 e. The normalized spacial score (nSPS) is 20.3. The monoisotopic (exact) mass is 288 g/mol. The molecule has 1 saturated heterocycles. The number of rotatable bonds is 3. The number of ether oxygens (including phenoxy) is 1. The topological polar surface area (TPSA) is 24.5 Å². The van der Waals surface area contributed by atoms with Crippen LogP contribution in [0.1, 0.15) is 13.8 Å². The summed E-state index contributed by atoms with van der Waals surface area (Å²) in [4.78, 5) is 2.09. The van der Waals surface area contributed by atoms with E-state index in [9.17, 15) is 13.2 Å². The van der Waals surface area contributed by atoms with E-state index in [1.54, 1.807) is 6.07 Å². The Morgan fingerprint density at radius 2 is 2.10 bits per heavy atom. The van der Waals surface area contributed by atoms with E-state index in [1.807, 2.05) is 6.07 Å². The maximum atomic E-state index is 12.2. The Labute approximate surface area is 116 Å². The molecule has 0 saturated carbocycles. The van der Waals surface area contributed by atoms with Gasteiger partial charge < -0.3 is 15.0 Å². The number of nitrogens with one attached hydrogen (secondary N) is 1. The van der Waals surface area contributed by atoms with Gasteiger partial charge in [-0.25, -0.2) is 0 Å². The highest BCUT2D eigenvalue weighted by atomic mass is 19.4. The fourth-order valence-corrected chi connectivity index (χ4v) is 2.34. The van der Waals surface area contributed by atoms with E-state index in [4.69, 9.17) is 0 Å². The van der Waals surface area contributed by atoms with Crippen molar-refractivity contribution in [1.82, 2.24) is 5.32 Å². The van der Waals surface area contributed by atoms with Crippen LogP contribution in [0, 0.1) is 5.92 Å². The van der Waals surface area contributed by atoms with Crippen molar-refractivity contribution in [3.05, 3.63) is 24.3 Å². The van der Waals surface area contributed by atoms with Crippen LogP contribution in [0.25, 0.3) is 0 Å². The average Bonchev–Trinajstić information content (AvgIpc) is 2.37. The summed E-state index contributed by atoms with van der Waals surface area (Å²) < 4.78 is 40.7. The number of hydrogen-bond acceptors (Lipinski definition) is 3. The second-order valence-corrected chi connectivity index (χ2v) is 5.30. The highest BCUT2D eigenvalue weighted by Crippen LogP contribution is 2.27. The SMILES string of the molecule is CC(C)C1CN(c2cccc(OC(F)(F)F)c2)CCN1. The molecule has 0 aromatic heterocycles. The lowest BCUT2D eigenvalue weighted by molar-refractivity contribution is -0.274. The van der Waals surface area contributed by atoms with Crippen LogP contribution in [0.4, 0.5) is 18.9 Å². The third-order valence-electron chi connectivity index (χ3n) is 3.43. The first-order valence-corrected chi connectivity index (χ1v) is 6.69. The Hall–Kier alpha value is -1.43. The molecule has 6 heteroatoms. The van der Waals surface area contributed by atoms with Crippen LogP contribution >= 0.6 is 0 Å². The summed E-state index contributed by atoms with van der Waals surface area (Å²) >= 11 is 0. The molecule has 0 aliphatic carbocycles. The molecule has 0 radical (unpaired) electrons. The summed E-state index contributed by atoms with van der Waals surface area (Å²) in [6.45, 7) is 6.65. The second-order valence-electron chi connectivity index (χ2n) is 5.30. The van der Waals surface area contributed by atoms with Gasteiger partial charge in [0.2, 0.25) is 0 Å². The van der Waals surface area contributed by atoms with Crippen molar-refractivity contribution in [1.29, 1.82) is 0 Å². The van der Waals surface area contributed by atoms with Crippen molar-refractivity contribution < 1.29 is 17.9 Å². The minimum atomic E-state index is -4.65. The van der Waals surface area contributed by atoms with Crippen molar-refractivity contribution in [3.8, 4) is 5.75 Å². The Balaban J connectivity index is 2.10. The predicted molar refractivity (Wildman–Crippen MR) is 72.0 cm³/mol. The molecule has 1 heterocycles. The molecule has 0 spiro atoms. The number of hydrogen-bond donors (Lipinski definition) is 1. The molecular formula is C14H19F3N2O. The van der Waals surface area contributed by atoms with E-state index in [2.05, 4.69) is 28.8 Å². The highest BCUT2D eigenvalue weighted by Gasteiger charge is 2.31. The highest BCUT2D eigenvalue weighted by molar-refractivity contribution is 5.51. The molecule has 1 aliphatic rings. The van der Waals surface area contributed by atoms with E-state index < -0.39 is 6.36 Å². The Bertz CT molecular complexity index is 448. The number of alkyl halides is 3. The maximum Gasteiger partial charge on any atom is 0.573 e. The second kappa shape index (κ2) is 5.91. The summed E-state index contributed by atoms with van der Waals surface area (Å²) in [5, 5.41) is 3.42. The molecular weight excluding hydrogens is 269 g/mol. The van der Waals surface area contributed by atoms with E-state index in [0.29, 0.717) is 12.0 Å². The Morgan fingerprint density at radius 3 is 2.75 bits per heavy atom. The van der Waals surface area contributed by atoms with Gasteiger partial charge in [0.05, 0.1) is 0 Å². The van der Waals surface area contributed by atoms with Gasteiger partial charge in [0.25, 0.3) is 0 Å². The van der Waals surface area contributed by atoms with Gasteiger partial charge in [-0.2, -0.15) is 0 Å². The zero-order valence-corrected chi connectivity index (χ0v) is 11.6. The molecule has 1 aromatic rings. The summed E-state index contributed by atoms with van der Waals surface area (Å²) in [6.07, 6.45) is -4.65. The largest absolute Gasteiger partial charge is 0.573 e. The lowest BCUT2D eigenvalue weighted by Gasteiger charge is -2.37. The van der Waals surface area contributed by atoms with E-state index in [0.717, 1.165) is 25.3 Å². The summed E-state index contributed by atoms with van der Waals surface area (Å²) in [6, 6.07) is 6.50. The van der Waals surface area contributed by atoms with Crippen LogP contribution < -0.4 is 15.0 Å². The fourth-order valence-electron chi connectivity index (χ4n) is 2.34. The van der Waals surface area contributed by atoms with Crippen LogP contribution in [-0.2, 0) is 0 Å². The van der Waals surface area contributed by atoms with Gasteiger partial charge in [-0.1, -0.05) is 19.9 Å². The van der Waals surface area contributed by atoms with Crippen molar-refractivity contribution in [2.75, 3.05) is 24.5 Å². The van der Waals surface area contributed by atoms with Crippen LogP contribution in [-0.4, -0.2) is 32.0 Å². The maximum absolute atomic E-state index is 12.2. The van der Waals surface area contributed by atoms with Gasteiger partial charge in [-0.15, -0.1) is 13.2 Å². The van der Waals surface area contributed by atoms with Gasteiger partial charge >= 0.3 is 6.36 Å².